The standard InChI is InChI=1S/C23H27F3N6/c1-13-12-31(4)8-9-32(13)20-10-18-19(11-27-20)29-15(3)30-23(18)28-14(2)16-6-5-7-17(21(16)24)22(25)26/h5-7,10-11,13-14,22H,8-9,12H2,1-4H3,(H,28,29,30)/t13-,14?/m0/s1. The van der Waals surface area contributed by atoms with Crippen LogP contribution in [0.15, 0.2) is 30.5 Å². The Balaban J connectivity index is 1.70. The highest BCUT2D eigenvalue weighted by molar-refractivity contribution is 5.90. The van der Waals surface area contributed by atoms with Gasteiger partial charge in [-0.3, -0.25) is 0 Å². The molecule has 0 amide bonds. The van der Waals surface area contributed by atoms with Crippen LogP contribution < -0.4 is 10.2 Å². The smallest absolute Gasteiger partial charge is 0.266 e. The van der Waals surface area contributed by atoms with Gasteiger partial charge in [0.05, 0.1) is 23.3 Å². The minimum absolute atomic E-state index is 0.161. The highest BCUT2D eigenvalue weighted by Gasteiger charge is 2.24. The molecule has 1 N–H and O–H groups in total. The number of alkyl halides is 2. The molecular weight excluding hydrogens is 417 g/mol. The summed E-state index contributed by atoms with van der Waals surface area (Å²) in [5.74, 6) is 0.988. The zero-order chi connectivity index (χ0) is 23.0. The number of aromatic nitrogens is 3. The van der Waals surface area contributed by atoms with Gasteiger partial charge in [-0.1, -0.05) is 18.2 Å². The number of benzene rings is 1. The second-order valence-electron chi connectivity index (χ2n) is 8.40. The van der Waals surface area contributed by atoms with Crippen molar-refractivity contribution in [3.8, 4) is 0 Å². The first-order valence-electron chi connectivity index (χ1n) is 10.7. The van der Waals surface area contributed by atoms with Crippen molar-refractivity contribution >= 4 is 22.5 Å². The average molecular weight is 445 g/mol. The molecule has 2 atom stereocenters. The van der Waals surface area contributed by atoms with Crippen LogP contribution in [0.5, 0.6) is 0 Å². The van der Waals surface area contributed by atoms with Crippen LogP contribution in [0.4, 0.5) is 24.8 Å². The number of hydrogen-bond donors (Lipinski definition) is 1. The second-order valence-corrected chi connectivity index (χ2v) is 8.40. The number of nitrogens with zero attached hydrogens (tertiary/aromatic N) is 5. The van der Waals surface area contributed by atoms with Crippen molar-refractivity contribution in [1.29, 1.82) is 0 Å². The fourth-order valence-electron chi connectivity index (χ4n) is 4.24. The van der Waals surface area contributed by atoms with Gasteiger partial charge in [-0.05, 0) is 33.9 Å². The van der Waals surface area contributed by atoms with Gasteiger partial charge in [-0.2, -0.15) is 0 Å². The Morgan fingerprint density at radius 1 is 1.16 bits per heavy atom. The highest BCUT2D eigenvalue weighted by Crippen LogP contribution is 2.31. The van der Waals surface area contributed by atoms with Gasteiger partial charge >= 0.3 is 0 Å². The molecule has 1 fully saturated rings. The van der Waals surface area contributed by atoms with E-state index >= 15 is 0 Å². The summed E-state index contributed by atoms with van der Waals surface area (Å²) in [7, 11) is 2.10. The Morgan fingerprint density at radius 3 is 2.62 bits per heavy atom. The Kier molecular flexibility index (Phi) is 6.19. The predicted molar refractivity (Wildman–Crippen MR) is 120 cm³/mol. The lowest BCUT2D eigenvalue weighted by atomic mass is 10.0. The third-order valence-corrected chi connectivity index (χ3v) is 5.92. The van der Waals surface area contributed by atoms with E-state index in [-0.39, 0.29) is 5.56 Å². The molecule has 170 valence electrons. The van der Waals surface area contributed by atoms with Crippen molar-refractivity contribution in [2.75, 3.05) is 36.9 Å². The molecule has 4 rings (SSSR count). The van der Waals surface area contributed by atoms with E-state index < -0.39 is 23.8 Å². The number of pyridine rings is 1. The predicted octanol–water partition coefficient (Wildman–Crippen LogP) is 4.72. The molecule has 2 aromatic heterocycles. The summed E-state index contributed by atoms with van der Waals surface area (Å²) in [4.78, 5) is 18.1. The lowest BCUT2D eigenvalue weighted by Crippen LogP contribution is -2.50. The summed E-state index contributed by atoms with van der Waals surface area (Å²) in [6.07, 6.45) is -1.15. The fourth-order valence-corrected chi connectivity index (χ4v) is 4.24. The van der Waals surface area contributed by atoms with Crippen molar-refractivity contribution in [3.05, 3.63) is 53.2 Å². The van der Waals surface area contributed by atoms with E-state index in [1.807, 2.05) is 6.07 Å². The van der Waals surface area contributed by atoms with Crippen LogP contribution in [0, 0.1) is 12.7 Å². The average Bonchev–Trinajstić information content (AvgIpc) is 2.73. The molecule has 1 aliphatic heterocycles. The number of piperazine rings is 1. The molecular formula is C23H27F3N6. The maximum atomic E-state index is 14.7. The molecule has 0 bridgehead atoms. The summed E-state index contributed by atoms with van der Waals surface area (Å²) in [6.45, 7) is 8.38. The SMILES string of the molecule is Cc1nc(NC(C)c2cccc(C(F)F)c2F)c2cc(N3CCN(C)C[C@@H]3C)ncc2n1. The van der Waals surface area contributed by atoms with E-state index in [0.29, 0.717) is 23.2 Å². The number of likely N-dealkylation sites (N-methyl/N-ethyl adjacent to an activating group) is 1. The first kappa shape index (κ1) is 22.3. The first-order valence-corrected chi connectivity index (χ1v) is 10.7. The molecule has 0 radical (unpaired) electrons. The molecule has 1 saturated heterocycles. The van der Waals surface area contributed by atoms with E-state index in [1.54, 1.807) is 20.0 Å². The molecule has 0 saturated carbocycles. The third-order valence-electron chi connectivity index (χ3n) is 5.92. The highest BCUT2D eigenvalue weighted by atomic mass is 19.3. The third kappa shape index (κ3) is 4.34. The van der Waals surface area contributed by atoms with Crippen LogP contribution in [-0.4, -0.2) is 52.6 Å². The minimum Gasteiger partial charge on any atom is -0.363 e. The summed E-state index contributed by atoms with van der Waals surface area (Å²) in [5, 5.41) is 3.96. The number of nitrogens with one attached hydrogen (secondary N) is 1. The van der Waals surface area contributed by atoms with Crippen LogP contribution in [0.25, 0.3) is 10.9 Å². The molecule has 3 heterocycles. The summed E-state index contributed by atoms with van der Waals surface area (Å²) in [6, 6.07) is 5.72. The van der Waals surface area contributed by atoms with Crippen LogP contribution in [0.1, 0.15) is 43.3 Å². The molecule has 0 aliphatic carbocycles. The maximum Gasteiger partial charge on any atom is 0.266 e. The summed E-state index contributed by atoms with van der Waals surface area (Å²) in [5.41, 5.74) is 0.226. The van der Waals surface area contributed by atoms with Crippen molar-refractivity contribution in [2.24, 2.45) is 0 Å². The fraction of sp³-hybridized carbons (Fsp3) is 0.435. The Bertz CT molecular complexity index is 1120. The topological polar surface area (TPSA) is 57.2 Å². The summed E-state index contributed by atoms with van der Waals surface area (Å²) >= 11 is 0. The quantitative estimate of drug-likeness (QED) is 0.614. The summed E-state index contributed by atoms with van der Waals surface area (Å²) < 4.78 is 41.0. The van der Waals surface area contributed by atoms with E-state index in [0.717, 1.165) is 36.9 Å². The lowest BCUT2D eigenvalue weighted by Gasteiger charge is -2.39. The molecule has 1 aromatic carbocycles. The van der Waals surface area contributed by atoms with E-state index in [1.165, 1.54) is 12.1 Å². The van der Waals surface area contributed by atoms with Gasteiger partial charge in [0.2, 0.25) is 0 Å². The Labute approximate surface area is 185 Å². The van der Waals surface area contributed by atoms with Gasteiger partial charge in [0.25, 0.3) is 6.43 Å². The van der Waals surface area contributed by atoms with Gasteiger partial charge in [-0.15, -0.1) is 0 Å². The van der Waals surface area contributed by atoms with Crippen LogP contribution >= 0.6 is 0 Å². The van der Waals surface area contributed by atoms with Crippen LogP contribution in [0.2, 0.25) is 0 Å². The molecule has 1 unspecified atom stereocenters. The van der Waals surface area contributed by atoms with Crippen LogP contribution in [0.3, 0.4) is 0 Å². The normalized spacial score (nSPS) is 18.4. The first-order chi connectivity index (χ1) is 15.2. The van der Waals surface area contributed by atoms with E-state index in [4.69, 9.17) is 0 Å². The van der Waals surface area contributed by atoms with Crippen molar-refractivity contribution in [2.45, 2.75) is 39.3 Å². The largest absolute Gasteiger partial charge is 0.363 e. The van der Waals surface area contributed by atoms with Gasteiger partial charge < -0.3 is 15.1 Å². The molecule has 32 heavy (non-hydrogen) atoms. The second kappa shape index (κ2) is 8.90. The molecule has 6 nitrogen and oxygen atoms in total. The van der Waals surface area contributed by atoms with Gasteiger partial charge in [-0.25, -0.2) is 28.1 Å². The number of fused-ring (bicyclic) bond motifs is 1. The number of rotatable bonds is 5. The minimum atomic E-state index is -2.87. The Hall–Kier alpha value is -2.94. The van der Waals surface area contributed by atoms with E-state index in [9.17, 15) is 13.2 Å². The zero-order valence-corrected chi connectivity index (χ0v) is 18.6. The van der Waals surface area contributed by atoms with Crippen molar-refractivity contribution < 1.29 is 13.2 Å². The van der Waals surface area contributed by atoms with Gasteiger partial charge in [0, 0.05) is 36.6 Å². The maximum absolute atomic E-state index is 14.7. The molecule has 9 heteroatoms. The monoisotopic (exact) mass is 444 g/mol. The number of aryl methyl sites for hydroxylation is 1. The zero-order valence-electron chi connectivity index (χ0n) is 18.6. The lowest BCUT2D eigenvalue weighted by molar-refractivity contribution is 0.146. The molecule has 1 aliphatic rings. The number of halogens is 3. The van der Waals surface area contributed by atoms with Crippen LogP contribution in [-0.2, 0) is 0 Å². The molecule has 3 aromatic rings. The van der Waals surface area contributed by atoms with E-state index in [2.05, 4.69) is 44.0 Å². The van der Waals surface area contributed by atoms with Crippen molar-refractivity contribution in [3.63, 3.8) is 0 Å². The Morgan fingerprint density at radius 2 is 1.91 bits per heavy atom. The van der Waals surface area contributed by atoms with Crippen molar-refractivity contribution in [1.82, 2.24) is 19.9 Å². The van der Waals surface area contributed by atoms with Gasteiger partial charge in [0.1, 0.15) is 23.3 Å². The molecule has 0 spiro atoms. The number of anilines is 2. The van der Waals surface area contributed by atoms with Gasteiger partial charge in [0.15, 0.2) is 0 Å². The number of hydrogen-bond acceptors (Lipinski definition) is 6.